The molecule has 1 atom stereocenters. The lowest BCUT2D eigenvalue weighted by molar-refractivity contribution is -0.133. The molecule has 2 aliphatic carbocycles. The van der Waals surface area contributed by atoms with Crippen molar-refractivity contribution >= 4 is 5.91 Å². The first-order valence-electron chi connectivity index (χ1n) is 10.3. The molecule has 1 aromatic carbocycles. The first-order valence-corrected chi connectivity index (χ1v) is 10.3. The molecule has 26 heavy (non-hydrogen) atoms. The molecule has 142 valence electrons. The molecule has 4 heteroatoms. The normalized spacial score (nSPS) is 25.1. The van der Waals surface area contributed by atoms with Crippen molar-refractivity contribution in [3.05, 3.63) is 35.6 Å². The number of rotatable bonds is 6. The molecule has 1 saturated heterocycles. The van der Waals surface area contributed by atoms with Gasteiger partial charge >= 0.3 is 0 Å². The Morgan fingerprint density at radius 3 is 2.62 bits per heavy atom. The van der Waals surface area contributed by atoms with E-state index in [0.29, 0.717) is 23.2 Å². The summed E-state index contributed by atoms with van der Waals surface area (Å²) < 4.78 is 13.7. The molecular weight excluding hydrogens is 327 g/mol. The van der Waals surface area contributed by atoms with Crippen LogP contribution in [0.1, 0.15) is 44.1 Å². The number of hydrogen-bond donors (Lipinski definition) is 0. The van der Waals surface area contributed by atoms with E-state index in [0.717, 1.165) is 57.4 Å². The third-order valence-electron chi connectivity index (χ3n) is 7.11. The number of benzene rings is 1. The topological polar surface area (TPSA) is 23.6 Å². The van der Waals surface area contributed by atoms with Crippen molar-refractivity contribution in [2.45, 2.75) is 44.9 Å². The van der Waals surface area contributed by atoms with Crippen LogP contribution in [0.2, 0.25) is 0 Å². The van der Waals surface area contributed by atoms with Crippen LogP contribution in [0.15, 0.2) is 24.3 Å². The van der Waals surface area contributed by atoms with Gasteiger partial charge in [0.2, 0.25) is 5.91 Å². The largest absolute Gasteiger partial charge is 0.345 e. The van der Waals surface area contributed by atoms with Crippen molar-refractivity contribution in [2.24, 2.45) is 17.3 Å². The van der Waals surface area contributed by atoms with Gasteiger partial charge in [-0.05, 0) is 74.6 Å². The highest BCUT2D eigenvalue weighted by molar-refractivity contribution is 5.82. The van der Waals surface area contributed by atoms with Crippen molar-refractivity contribution < 1.29 is 9.18 Å². The van der Waals surface area contributed by atoms with Crippen LogP contribution in [-0.2, 0) is 11.2 Å². The molecule has 1 unspecified atom stereocenters. The molecule has 0 N–H and O–H groups in total. The third-order valence-corrected chi connectivity index (χ3v) is 7.11. The number of hydrogen-bond acceptors (Lipinski definition) is 2. The molecule has 1 spiro atoms. The zero-order valence-corrected chi connectivity index (χ0v) is 15.9. The van der Waals surface area contributed by atoms with Gasteiger partial charge in [0, 0.05) is 26.1 Å². The van der Waals surface area contributed by atoms with E-state index in [9.17, 15) is 9.18 Å². The van der Waals surface area contributed by atoms with E-state index >= 15 is 0 Å². The van der Waals surface area contributed by atoms with Crippen molar-refractivity contribution in [3.63, 3.8) is 0 Å². The molecule has 3 nitrogen and oxygen atoms in total. The molecular formula is C22H31FN2O. The summed E-state index contributed by atoms with van der Waals surface area (Å²) in [5.74, 6) is 1.25. The van der Waals surface area contributed by atoms with E-state index in [2.05, 4.69) is 4.90 Å². The molecule has 1 heterocycles. The smallest absolute Gasteiger partial charge is 0.226 e. The summed E-state index contributed by atoms with van der Waals surface area (Å²) in [4.78, 5) is 17.1. The van der Waals surface area contributed by atoms with Crippen LogP contribution in [0.5, 0.6) is 0 Å². The second-order valence-electron chi connectivity index (χ2n) is 8.82. The summed E-state index contributed by atoms with van der Waals surface area (Å²) in [6, 6.07) is 7.08. The lowest BCUT2D eigenvalue weighted by Crippen LogP contribution is -2.41. The van der Waals surface area contributed by atoms with Gasteiger partial charge < -0.3 is 9.80 Å². The van der Waals surface area contributed by atoms with Gasteiger partial charge in [0.15, 0.2) is 0 Å². The lowest BCUT2D eigenvalue weighted by atomic mass is 9.79. The summed E-state index contributed by atoms with van der Waals surface area (Å²) in [6.45, 7) is 3.96. The minimum absolute atomic E-state index is 0.0909. The third kappa shape index (κ3) is 3.66. The number of carbonyl (C=O) groups excluding carboxylic acids is 1. The summed E-state index contributed by atoms with van der Waals surface area (Å²) in [7, 11) is 2.00. The van der Waals surface area contributed by atoms with Crippen LogP contribution >= 0.6 is 0 Å². The first-order chi connectivity index (χ1) is 12.6. The number of nitrogens with zero attached hydrogens (tertiary/aromatic N) is 2. The van der Waals surface area contributed by atoms with Gasteiger partial charge in [-0.1, -0.05) is 24.6 Å². The summed E-state index contributed by atoms with van der Waals surface area (Å²) >= 11 is 0. The van der Waals surface area contributed by atoms with Crippen LogP contribution in [0, 0.1) is 23.1 Å². The van der Waals surface area contributed by atoms with Crippen LogP contribution in [0.25, 0.3) is 0 Å². The van der Waals surface area contributed by atoms with Gasteiger partial charge in [-0.25, -0.2) is 4.39 Å². The molecule has 4 rings (SSSR count). The molecule has 0 radical (unpaired) electrons. The molecule has 0 bridgehead atoms. The maximum Gasteiger partial charge on any atom is 0.226 e. The zero-order chi connectivity index (χ0) is 18.1. The predicted octanol–water partition coefficient (Wildman–Crippen LogP) is 3.73. The van der Waals surface area contributed by atoms with E-state index in [-0.39, 0.29) is 5.82 Å². The highest BCUT2D eigenvalue weighted by Crippen LogP contribution is 2.65. The Morgan fingerprint density at radius 2 is 2.00 bits per heavy atom. The summed E-state index contributed by atoms with van der Waals surface area (Å²) in [6.07, 6.45) is 8.08. The van der Waals surface area contributed by atoms with E-state index in [1.807, 2.05) is 24.1 Å². The Labute approximate surface area is 156 Å². The standard InChI is InChI=1S/C22H31FN2O/c1-24(21(26)19-15-22(19)10-4-11-22)16-17-7-12-25(13-8-17)14-9-18-5-2-3-6-20(18)23/h2-3,5-6,17,19H,4,7-16H2,1H3. The van der Waals surface area contributed by atoms with Gasteiger partial charge in [0.25, 0.3) is 0 Å². The SMILES string of the molecule is CN(CC1CCN(CCc2ccccc2F)CC1)C(=O)C1CC12CCC2. The first kappa shape index (κ1) is 18.0. The number of likely N-dealkylation sites (tertiary alicyclic amines) is 1. The van der Waals surface area contributed by atoms with E-state index < -0.39 is 0 Å². The number of halogens is 1. The lowest BCUT2D eigenvalue weighted by Gasteiger charge is -2.34. The fourth-order valence-electron chi connectivity index (χ4n) is 5.00. The summed E-state index contributed by atoms with van der Waals surface area (Å²) in [5, 5.41) is 0. The van der Waals surface area contributed by atoms with Crippen molar-refractivity contribution in [1.82, 2.24) is 9.80 Å². The second kappa shape index (κ2) is 7.30. The van der Waals surface area contributed by atoms with Gasteiger partial charge in [-0.15, -0.1) is 0 Å². The molecule has 3 fully saturated rings. The number of piperidine rings is 1. The Kier molecular flexibility index (Phi) is 5.05. The van der Waals surface area contributed by atoms with Gasteiger partial charge in [0.1, 0.15) is 5.82 Å². The number of amides is 1. The van der Waals surface area contributed by atoms with Crippen molar-refractivity contribution in [3.8, 4) is 0 Å². The Hall–Kier alpha value is -1.42. The molecule has 1 aromatic rings. The van der Waals surface area contributed by atoms with E-state index in [1.165, 1.54) is 19.3 Å². The quantitative estimate of drug-likeness (QED) is 0.774. The highest BCUT2D eigenvalue weighted by atomic mass is 19.1. The van der Waals surface area contributed by atoms with Gasteiger partial charge in [-0.2, -0.15) is 0 Å². The maximum absolute atomic E-state index is 13.7. The van der Waals surface area contributed by atoms with E-state index in [1.54, 1.807) is 12.1 Å². The van der Waals surface area contributed by atoms with Crippen molar-refractivity contribution in [1.29, 1.82) is 0 Å². The van der Waals surface area contributed by atoms with Crippen LogP contribution in [0.3, 0.4) is 0 Å². The monoisotopic (exact) mass is 358 g/mol. The predicted molar refractivity (Wildman–Crippen MR) is 101 cm³/mol. The van der Waals surface area contributed by atoms with Gasteiger partial charge in [0.05, 0.1) is 0 Å². The van der Waals surface area contributed by atoms with E-state index in [4.69, 9.17) is 0 Å². The highest BCUT2D eigenvalue weighted by Gasteiger charge is 2.61. The van der Waals surface area contributed by atoms with Crippen LogP contribution < -0.4 is 0 Å². The minimum Gasteiger partial charge on any atom is -0.345 e. The fraction of sp³-hybridized carbons (Fsp3) is 0.682. The average Bonchev–Trinajstić information content (AvgIpc) is 3.38. The van der Waals surface area contributed by atoms with Crippen LogP contribution in [0.4, 0.5) is 4.39 Å². The second-order valence-corrected chi connectivity index (χ2v) is 8.82. The molecule has 3 aliphatic rings. The Balaban J connectivity index is 1.18. The molecule has 0 aromatic heterocycles. The molecule has 1 aliphatic heterocycles. The Bertz CT molecular complexity index is 649. The average molecular weight is 359 g/mol. The zero-order valence-electron chi connectivity index (χ0n) is 15.9. The summed E-state index contributed by atoms with van der Waals surface area (Å²) in [5.41, 5.74) is 1.25. The van der Waals surface area contributed by atoms with Crippen LogP contribution in [-0.4, -0.2) is 48.9 Å². The number of carbonyl (C=O) groups is 1. The molecule has 2 saturated carbocycles. The fourth-order valence-corrected chi connectivity index (χ4v) is 5.00. The minimum atomic E-state index is -0.0909. The van der Waals surface area contributed by atoms with Gasteiger partial charge in [-0.3, -0.25) is 4.79 Å². The molecule has 1 amide bonds. The van der Waals surface area contributed by atoms with Crippen molar-refractivity contribution in [2.75, 3.05) is 33.2 Å². The Morgan fingerprint density at radius 1 is 1.27 bits per heavy atom. The maximum atomic E-state index is 13.7.